The Hall–Kier alpha value is -3.51. The zero-order valence-electron chi connectivity index (χ0n) is 18.4. The number of alkyl halides is 1. The molecule has 2 aromatic heterocycles. The second-order valence-corrected chi connectivity index (χ2v) is 8.19. The van der Waals surface area contributed by atoms with Gasteiger partial charge in [0.05, 0.1) is 31.2 Å². The van der Waals surface area contributed by atoms with E-state index in [4.69, 9.17) is 15.2 Å². The summed E-state index contributed by atoms with van der Waals surface area (Å²) in [7, 11) is 3.20. The number of anilines is 1. The minimum absolute atomic E-state index is 0.00883. The molecule has 1 aliphatic heterocycles. The molecular weight excluding hydrogens is 486 g/mol. The number of carbonyl (C=O) groups is 1. The minimum atomic E-state index is 0.00883. The van der Waals surface area contributed by atoms with Crippen LogP contribution in [0.1, 0.15) is 23.6 Å². The van der Waals surface area contributed by atoms with E-state index in [1.54, 1.807) is 32.4 Å². The number of nitrogens with zero attached hydrogens (tertiary/aromatic N) is 4. The summed E-state index contributed by atoms with van der Waals surface area (Å²) >= 11 is 3.30. The van der Waals surface area contributed by atoms with Crippen molar-refractivity contribution in [3.8, 4) is 23.3 Å². The lowest BCUT2D eigenvalue weighted by Gasteiger charge is -2.16. The zero-order valence-corrected chi connectivity index (χ0v) is 20.0. The number of ether oxygens (including phenoxy) is 2. The number of halogens is 1. The predicted molar refractivity (Wildman–Crippen MR) is 131 cm³/mol. The maximum absolute atomic E-state index is 12.4. The van der Waals surface area contributed by atoms with Crippen molar-refractivity contribution < 1.29 is 14.3 Å². The summed E-state index contributed by atoms with van der Waals surface area (Å²) < 4.78 is 12.7. The summed E-state index contributed by atoms with van der Waals surface area (Å²) in [5.74, 6) is 8.09. The largest absolute Gasteiger partial charge is 0.497 e. The van der Waals surface area contributed by atoms with Gasteiger partial charge in [0.2, 0.25) is 5.91 Å². The normalized spacial score (nSPS) is 15.6. The highest BCUT2D eigenvalue weighted by Gasteiger charge is 2.28. The number of aromatic nitrogens is 3. The van der Waals surface area contributed by atoms with Crippen LogP contribution in [0.2, 0.25) is 0 Å². The molecule has 1 atom stereocenters. The maximum atomic E-state index is 12.4. The molecule has 0 unspecified atom stereocenters. The Labute approximate surface area is 200 Å². The van der Waals surface area contributed by atoms with Crippen molar-refractivity contribution in [2.24, 2.45) is 0 Å². The third-order valence-electron chi connectivity index (χ3n) is 5.55. The van der Waals surface area contributed by atoms with Crippen LogP contribution in [0.4, 0.5) is 5.82 Å². The molecule has 3 heterocycles. The SMILES string of the molecule is COc1cc(C#Cc2cn([C@H]3CCN(C(=O)C=CCBr)C3)c3ncnc(N)c23)cc(OC)c1. The Balaban J connectivity index is 1.69. The second-order valence-electron chi connectivity index (χ2n) is 7.54. The van der Waals surface area contributed by atoms with Gasteiger partial charge >= 0.3 is 0 Å². The van der Waals surface area contributed by atoms with Crippen molar-refractivity contribution in [2.45, 2.75) is 12.5 Å². The summed E-state index contributed by atoms with van der Waals surface area (Å²) in [5, 5.41) is 1.36. The molecule has 33 heavy (non-hydrogen) atoms. The fraction of sp³-hybridized carbons (Fsp3) is 0.292. The molecule has 170 valence electrons. The minimum Gasteiger partial charge on any atom is -0.497 e. The molecule has 0 aliphatic carbocycles. The van der Waals surface area contributed by atoms with Gasteiger partial charge < -0.3 is 24.7 Å². The first-order chi connectivity index (χ1) is 16.0. The number of hydrogen-bond acceptors (Lipinski definition) is 6. The van der Waals surface area contributed by atoms with Crippen LogP contribution in [0.3, 0.4) is 0 Å². The Morgan fingerprint density at radius 1 is 1.24 bits per heavy atom. The lowest BCUT2D eigenvalue weighted by atomic mass is 10.1. The first-order valence-corrected chi connectivity index (χ1v) is 11.5. The Kier molecular flexibility index (Phi) is 6.84. The number of nitrogen functional groups attached to an aromatic ring is 1. The molecule has 0 radical (unpaired) electrons. The lowest BCUT2D eigenvalue weighted by molar-refractivity contribution is -0.125. The molecule has 0 bridgehead atoms. The average Bonchev–Trinajstić information content (AvgIpc) is 3.46. The summed E-state index contributed by atoms with van der Waals surface area (Å²) in [6.45, 7) is 1.28. The average molecular weight is 510 g/mol. The van der Waals surface area contributed by atoms with Gasteiger partial charge in [0.1, 0.15) is 29.3 Å². The van der Waals surface area contributed by atoms with E-state index in [2.05, 4.69) is 42.3 Å². The van der Waals surface area contributed by atoms with E-state index in [0.717, 1.165) is 17.5 Å². The van der Waals surface area contributed by atoms with Crippen molar-refractivity contribution in [3.05, 3.63) is 54.0 Å². The van der Waals surface area contributed by atoms with Gasteiger partial charge in [-0.05, 0) is 24.6 Å². The Bertz CT molecular complexity index is 1250. The third-order valence-corrected chi connectivity index (χ3v) is 5.92. The van der Waals surface area contributed by atoms with Gasteiger partial charge in [0.15, 0.2) is 0 Å². The van der Waals surface area contributed by atoms with Crippen LogP contribution in [0.25, 0.3) is 11.0 Å². The van der Waals surface area contributed by atoms with E-state index in [0.29, 0.717) is 46.8 Å². The van der Waals surface area contributed by atoms with Crippen molar-refractivity contribution in [3.63, 3.8) is 0 Å². The van der Waals surface area contributed by atoms with Crippen molar-refractivity contribution in [1.29, 1.82) is 0 Å². The Morgan fingerprint density at radius 2 is 2.00 bits per heavy atom. The van der Waals surface area contributed by atoms with Gasteiger partial charge in [-0.25, -0.2) is 9.97 Å². The van der Waals surface area contributed by atoms with E-state index in [9.17, 15) is 4.79 Å². The molecular formula is C24H24BrN5O3. The number of hydrogen-bond donors (Lipinski definition) is 1. The van der Waals surface area contributed by atoms with E-state index in [1.807, 2.05) is 23.2 Å². The fourth-order valence-electron chi connectivity index (χ4n) is 3.92. The van der Waals surface area contributed by atoms with Crippen LogP contribution in [0.5, 0.6) is 11.5 Å². The van der Waals surface area contributed by atoms with Gasteiger partial charge in [-0.15, -0.1) is 0 Å². The number of nitrogens with two attached hydrogens (primary N) is 1. The number of benzene rings is 1. The van der Waals surface area contributed by atoms with Crippen LogP contribution in [-0.4, -0.2) is 58.0 Å². The number of likely N-dealkylation sites (tertiary alicyclic amines) is 1. The van der Waals surface area contributed by atoms with Crippen LogP contribution < -0.4 is 15.2 Å². The molecule has 2 N–H and O–H groups in total. The molecule has 1 saturated heterocycles. The highest BCUT2D eigenvalue weighted by Crippen LogP contribution is 2.31. The number of rotatable bonds is 5. The molecule has 3 aromatic rings. The Morgan fingerprint density at radius 3 is 2.70 bits per heavy atom. The fourth-order valence-corrected chi connectivity index (χ4v) is 4.11. The van der Waals surface area contributed by atoms with Gasteiger partial charge in [0.25, 0.3) is 0 Å². The molecule has 9 heteroatoms. The summed E-state index contributed by atoms with van der Waals surface area (Å²) in [5.41, 5.74) is 8.40. The van der Waals surface area contributed by atoms with Crippen LogP contribution in [0, 0.1) is 11.8 Å². The van der Waals surface area contributed by atoms with Crippen LogP contribution in [0.15, 0.2) is 42.9 Å². The van der Waals surface area contributed by atoms with Crippen molar-refractivity contribution in [1.82, 2.24) is 19.4 Å². The lowest BCUT2D eigenvalue weighted by Crippen LogP contribution is -2.27. The number of carbonyl (C=O) groups excluding carboxylic acids is 1. The summed E-state index contributed by atoms with van der Waals surface area (Å²) in [6.07, 6.45) is 7.63. The van der Waals surface area contributed by atoms with Gasteiger partial charge in [-0.3, -0.25) is 4.79 Å². The van der Waals surface area contributed by atoms with E-state index < -0.39 is 0 Å². The standard InChI is InChI=1S/C24H24BrN5O3/c1-32-19-10-16(11-20(12-19)33-2)5-6-17-13-30(24-22(17)23(26)27-15-28-24)18-7-9-29(14-18)21(31)4-3-8-25/h3-4,10-13,15,18H,7-9,14H2,1-2H3,(H2,26,27,28)/t18-/m0/s1. The predicted octanol–water partition coefficient (Wildman–Crippen LogP) is 3.16. The number of fused-ring (bicyclic) bond motifs is 1. The molecule has 1 amide bonds. The van der Waals surface area contributed by atoms with E-state index in [-0.39, 0.29) is 11.9 Å². The number of amides is 1. The van der Waals surface area contributed by atoms with E-state index in [1.165, 1.54) is 6.33 Å². The number of allylic oxidation sites excluding steroid dienone is 1. The quantitative estimate of drug-likeness (QED) is 0.322. The molecule has 0 spiro atoms. The summed E-state index contributed by atoms with van der Waals surface area (Å²) in [4.78, 5) is 22.9. The van der Waals surface area contributed by atoms with Crippen molar-refractivity contribution in [2.75, 3.05) is 38.4 Å². The zero-order chi connectivity index (χ0) is 23.4. The van der Waals surface area contributed by atoms with Gasteiger partial charge in [0, 0.05) is 36.2 Å². The highest BCUT2D eigenvalue weighted by atomic mass is 79.9. The number of methoxy groups -OCH3 is 2. The van der Waals surface area contributed by atoms with Crippen molar-refractivity contribution >= 4 is 38.7 Å². The topological polar surface area (TPSA) is 95.5 Å². The smallest absolute Gasteiger partial charge is 0.246 e. The molecule has 4 rings (SSSR count). The summed E-state index contributed by atoms with van der Waals surface area (Å²) in [6, 6.07) is 5.56. The molecule has 0 saturated carbocycles. The molecule has 1 aromatic carbocycles. The highest BCUT2D eigenvalue weighted by molar-refractivity contribution is 9.09. The second kappa shape index (κ2) is 9.96. The first-order valence-electron chi connectivity index (χ1n) is 10.4. The molecule has 1 aliphatic rings. The monoisotopic (exact) mass is 509 g/mol. The van der Waals surface area contributed by atoms with Crippen LogP contribution in [-0.2, 0) is 4.79 Å². The van der Waals surface area contributed by atoms with Crippen LogP contribution >= 0.6 is 15.9 Å². The first kappa shape index (κ1) is 22.7. The molecule has 8 nitrogen and oxygen atoms in total. The maximum Gasteiger partial charge on any atom is 0.246 e. The van der Waals surface area contributed by atoms with E-state index >= 15 is 0 Å². The molecule has 1 fully saturated rings. The van der Waals surface area contributed by atoms with Gasteiger partial charge in [-0.2, -0.15) is 0 Å². The third kappa shape index (κ3) is 4.81. The van der Waals surface area contributed by atoms with Gasteiger partial charge in [-0.1, -0.05) is 33.8 Å².